The molecule has 0 aliphatic heterocycles. The Morgan fingerprint density at radius 3 is 2.13 bits per heavy atom. The summed E-state index contributed by atoms with van der Waals surface area (Å²) >= 11 is 18.7. The highest BCUT2D eigenvalue weighted by atomic mass is 35.5. The molecule has 4 aromatic rings. The molecule has 7 nitrogen and oxygen atoms in total. The van der Waals surface area contributed by atoms with Crippen LogP contribution in [0.15, 0.2) is 102 Å². The summed E-state index contributed by atoms with van der Waals surface area (Å²) in [6, 6.07) is 23.6. The zero-order valence-electron chi connectivity index (χ0n) is 25.2. The number of halogens is 4. The van der Waals surface area contributed by atoms with Crippen molar-refractivity contribution < 1.29 is 22.4 Å². The first kappa shape index (κ1) is 35.2. The molecule has 0 heterocycles. The van der Waals surface area contributed by atoms with Gasteiger partial charge in [0.2, 0.25) is 11.8 Å². The topological polar surface area (TPSA) is 86.8 Å². The second-order valence-electron chi connectivity index (χ2n) is 10.7. The fourth-order valence-electron chi connectivity index (χ4n) is 4.72. The summed E-state index contributed by atoms with van der Waals surface area (Å²) < 4.78 is 43.1. The minimum absolute atomic E-state index is 0.0308. The number of hydrogen-bond acceptors (Lipinski definition) is 4. The van der Waals surface area contributed by atoms with Crippen LogP contribution in [0.5, 0.6) is 0 Å². The van der Waals surface area contributed by atoms with Crippen LogP contribution in [-0.2, 0) is 32.6 Å². The van der Waals surface area contributed by atoms with Gasteiger partial charge in [0, 0.05) is 29.1 Å². The van der Waals surface area contributed by atoms with Crippen molar-refractivity contribution in [1.29, 1.82) is 0 Å². The van der Waals surface area contributed by atoms with Crippen LogP contribution in [0.25, 0.3) is 0 Å². The van der Waals surface area contributed by atoms with Gasteiger partial charge in [-0.15, -0.1) is 0 Å². The molecule has 12 heteroatoms. The van der Waals surface area contributed by atoms with E-state index in [-0.39, 0.29) is 39.6 Å². The van der Waals surface area contributed by atoms with Crippen molar-refractivity contribution in [2.45, 2.75) is 50.2 Å². The quantitative estimate of drug-likeness (QED) is 0.156. The standard InChI is InChI=1S/C34H33Cl3FN3O4S/c1-3-23(2)39-34(43)32(18-24-10-6-4-7-11-24)40(21-25-14-15-26(35)19-29(25)36)33(42)22-41(27-16-17-31(38)30(37)20-27)46(44,45)28-12-8-5-9-13-28/h4-17,19-20,23,32H,3,18,21-22H2,1-2H3,(H,39,43)/t23-,32-/m0/s1. The minimum Gasteiger partial charge on any atom is -0.352 e. The molecule has 0 fully saturated rings. The Morgan fingerprint density at radius 2 is 1.52 bits per heavy atom. The van der Waals surface area contributed by atoms with Gasteiger partial charge in [-0.25, -0.2) is 12.8 Å². The number of carbonyl (C=O) groups excluding carboxylic acids is 2. The Balaban J connectivity index is 1.84. The monoisotopic (exact) mass is 703 g/mol. The first-order valence-corrected chi connectivity index (χ1v) is 17.1. The van der Waals surface area contributed by atoms with Crippen LogP contribution in [0, 0.1) is 5.82 Å². The van der Waals surface area contributed by atoms with Crippen LogP contribution < -0.4 is 9.62 Å². The third-order valence-corrected chi connectivity index (χ3v) is 10.1. The number of nitrogens with one attached hydrogen (secondary N) is 1. The summed E-state index contributed by atoms with van der Waals surface area (Å²) in [4.78, 5) is 29.6. The predicted molar refractivity (Wildman–Crippen MR) is 181 cm³/mol. The molecule has 4 aromatic carbocycles. The molecule has 0 saturated heterocycles. The maximum Gasteiger partial charge on any atom is 0.264 e. The first-order chi connectivity index (χ1) is 21.9. The zero-order chi connectivity index (χ0) is 33.4. The second kappa shape index (κ2) is 15.8. The molecular formula is C34H33Cl3FN3O4S. The van der Waals surface area contributed by atoms with Crippen LogP contribution in [-0.4, -0.2) is 43.8 Å². The summed E-state index contributed by atoms with van der Waals surface area (Å²) in [6.45, 7) is 2.91. The average molecular weight is 705 g/mol. The van der Waals surface area contributed by atoms with Crippen LogP contribution in [0.2, 0.25) is 15.1 Å². The lowest BCUT2D eigenvalue weighted by molar-refractivity contribution is -0.140. The number of nitrogens with zero attached hydrogens (tertiary/aromatic N) is 2. The minimum atomic E-state index is -4.37. The van der Waals surface area contributed by atoms with E-state index in [0.717, 1.165) is 22.0 Å². The lowest BCUT2D eigenvalue weighted by Crippen LogP contribution is -2.54. The first-order valence-electron chi connectivity index (χ1n) is 14.5. The Morgan fingerprint density at radius 1 is 0.870 bits per heavy atom. The number of carbonyl (C=O) groups is 2. The van der Waals surface area contributed by atoms with E-state index >= 15 is 0 Å². The maximum absolute atomic E-state index is 14.5. The van der Waals surface area contributed by atoms with Gasteiger partial charge in [-0.3, -0.25) is 13.9 Å². The van der Waals surface area contributed by atoms with Crippen molar-refractivity contribution in [2.24, 2.45) is 0 Å². The second-order valence-corrected chi connectivity index (χ2v) is 13.8. The highest BCUT2D eigenvalue weighted by molar-refractivity contribution is 7.92. The van der Waals surface area contributed by atoms with Crippen molar-refractivity contribution in [3.63, 3.8) is 0 Å². The zero-order valence-corrected chi connectivity index (χ0v) is 28.3. The molecule has 242 valence electrons. The van der Waals surface area contributed by atoms with Gasteiger partial charge in [0.15, 0.2) is 0 Å². The van der Waals surface area contributed by atoms with E-state index in [0.29, 0.717) is 17.0 Å². The van der Waals surface area contributed by atoms with Gasteiger partial charge >= 0.3 is 0 Å². The molecule has 0 aliphatic carbocycles. The largest absolute Gasteiger partial charge is 0.352 e. The smallest absolute Gasteiger partial charge is 0.264 e. The molecule has 0 unspecified atom stereocenters. The predicted octanol–water partition coefficient (Wildman–Crippen LogP) is 7.54. The molecule has 2 amide bonds. The Hall–Kier alpha value is -3.63. The normalized spacial score (nSPS) is 12.7. The number of hydrogen-bond donors (Lipinski definition) is 1. The van der Waals surface area contributed by atoms with E-state index in [4.69, 9.17) is 34.8 Å². The van der Waals surface area contributed by atoms with Crippen molar-refractivity contribution in [3.8, 4) is 0 Å². The molecule has 0 bridgehead atoms. The molecule has 0 radical (unpaired) electrons. The molecule has 0 aliphatic rings. The van der Waals surface area contributed by atoms with Gasteiger partial charge < -0.3 is 10.2 Å². The number of amides is 2. The van der Waals surface area contributed by atoms with Gasteiger partial charge in [0.1, 0.15) is 18.4 Å². The highest BCUT2D eigenvalue weighted by Crippen LogP contribution is 2.29. The molecule has 2 atom stereocenters. The summed E-state index contributed by atoms with van der Waals surface area (Å²) in [6.07, 6.45) is 0.781. The van der Waals surface area contributed by atoms with Gasteiger partial charge in [-0.05, 0) is 66.9 Å². The Labute approximate surface area is 283 Å². The Bertz CT molecular complexity index is 1780. The summed E-state index contributed by atoms with van der Waals surface area (Å²) in [5.41, 5.74) is 1.25. The van der Waals surface area contributed by atoms with Crippen molar-refractivity contribution in [2.75, 3.05) is 10.8 Å². The lowest BCUT2D eigenvalue weighted by Gasteiger charge is -2.34. The number of rotatable bonds is 13. The molecule has 1 N–H and O–H groups in total. The van der Waals surface area contributed by atoms with Crippen molar-refractivity contribution >= 4 is 62.3 Å². The van der Waals surface area contributed by atoms with Crippen molar-refractivity contribution in [1.82, 2.24) is 10.2 Å². The van der Waals surface area contributed by atoms with Crippen molar-refractivity contribution in [3.05, 3.63) is 129 Å². The average Bonchev–Trinajstić information content (AvgIpc) is 3.04. The SMILES string of the molecule is CC[C@H](C)NC(=O)[C@H](Cc1ccccc1)N(Cc1ccc(Cl)cc1Cl)C(=O)CN(c1ccc(F)c(Cl)c1)S(=O)(=O)c1ccccc1. The Kier molecular flexibility index (Phi) is 12.1. The van der Waals surface area contributed by atoms with Gasteiger partial charge in [0.05, 0.1) is 15.6 Å². The third-order valence-electron chi connectivity index (χ3n) is 7.43. The summed E-state index contributed by atoms with van der Waals surface area (Å²) in [5, 5.41) is 3.30. The summed E-state index contributed by atoms with van der Waals surface area (Å²) in [5.74, 6) is -1.87. The number of benzene rings is 4. The molecule has 0 saturated carbocycles. The number of anilines is 1. The third kappa shape index (κ3) is 8.79. The van der Waals surface area contributed by atoms with Crippen LogP contribution in [0.1, 0.15) is 31.4 Å². The van der Waals surface area contributed by atoms with E-state index < -0.39 is 40.2 Å². The maximum atomic E-state index is 14.5. The van der Waals surface area contributed by atoms with Gasteiger partial charge in [0.25, 0.3) is 10.0 Å². The number of sulfonamides is 1. The molecule has 0 spiro atoms. The van der Waals surface area contributed by atoms with E-state index in [1.165, 1.54) is 29.2 Å². The van der Waals surface area contributed by atoms with Crippen LogP contribution in [0.3, 0.4) is 0 Å². The van der Waals surface area contributed by atoms with Gasteiger partial charge in [-0.2, -0.15) is 0 Å². The van der Waals surface area contributed by atoms with Gasteiger partial charge in [-0.1, -0.05) is 96.3 Å². The summed E-state index contributed by atoms with van der Waals surface area (Å²) in [7, 11) is -4.37. The fraction of sp³-hybridized carbons (Fsp3) is 0.235. The van der Waals surface area contributed by atoms with E-state index in [9.17, 15) is 22.4 Å². The molecule has 0 aromatic heterocycles. The van der Waals surface area contributed by atoms with Crippen LogP contribution >= 0.6 is 34.8 Å². The molecule has 4 rings (SSSR count). The molecular weight excluding hydrogens is 672 g/mol. The van der Waals surface area contributed by atoms with E-state index in [2.05, 4.69) is 5.32 Å². The van der Waals surface area contributed by atoms with Crippen LogP contribution in [0.4, 0.5) is 10.1 Å². The van der Waals surface area contributed by atoms with E-state index in [1.54, 1.807) is 30.3 Å². The lowest BCUT2D eigenvalue weighted by atomic mass is 10.0. The fourth-order valence-corrected chi connectivity index (χ4v) is 6.79. The molecule has 46 heavy (non-hydrogen) atoms. The van der Waals surface area contributed by atoms with E-state index in [1.807, 2.05) is 44.2 Å². The highest BCUT2D eigenvalue weighted by Gasteiger charge is 2.35.